The highest BCUT2D eigenvalue weighted by Crippen LogP contribution is 2.22. The van der Waals surface area contributed by atoms with E-state index in [-0.39, 0.29) is 0 Å². The predicted molar refractivity (Wildman–Crippen MR) is 72.9 cm³/mol. The lowest BCUT2D eigenvalue weighted by Gasteiger charge is -2.07. The highest BCUT2D eigenvalue weighted by Gasteiger charge is 2.13. The Labute approximate surface area is 111 Å². The minimum atomic E-state index is 0.742. The van der Waals surface area contributed by atoms with Crippen LogP contribution in [0.25, 0.3) is 11.5 Å². The third-order valence-corrected chi connectivity index (χ3v) is 3.75. The predicted octanol–water partition coefficient (Wildman–Crippen LogP) is 2.81. The van der Waals surface area contributed by atoms with Gasteiger partial charge in [-0.1, -0.05) is 18.6 Å². The first-order valence-corrected chi connectivity index (χ1v) is 6.77. The number of aromatic nitrogens is 4. The lowest BCUT2D eigenvalue weighted by Crippen LogP contribution is -2.02. The smallest absolute Gasteiger partial charge is 0.159 e. The average Bonchev–Trinajstić information content (AvgIpc) is 2.63. The van der Waals surface area contributed by atoms with Gasteiger partial charge < -0.3 is 4.98 Å². The number of nitrogens with zero attached hydrogens (tertiary/aromatic N) is 3. The van der Waals surface area contributed by atoms with E-state index in [0.29, 0.717) is 0 Å². The van der Waals surface area contributed by atoms with Gasteiger partial charge in [-0.05, 0) is 31.7 Å². The quantitative estimate of drug-likeness (QED) is 0.633. The molecule has 0 fully saturated rings. The van der Waals surface area contributed by atoms with Crippen molar-refractivity contribution in [3.8, 4) is 11.5 Å². The summed E-state index contributed by atoms with van der Waals surface area (Å²) in [6.07, 6.45) is 7.76. The summed E-state index contributed by atoms with van der Waals surface area (Å²) in [6.45, 7) is 0. The molecule has 0 amide bonds. The lowest BCUT2D eigenvalue weighted by molar-refractivity contribution is 0.708. The normalized spacial score (nSPS) is 15.2. The summed E-state index contributed by atoms with van der Waals surface area (Å²) in [7, 11) is 1.90. The van der Waals surface area contributed by atoms with E-state index in [1.54, 1.807) is 4.68 Å². The summed E-state index contributed by atoms with van der Waals surface area (Å²) in [5.41, 5.74) is 3.35. The molecule has 0 atom stereocenters. The van der Waals surface area contributed by atoms with Crippen LogP contribution in [0.15, 0.2) is 12.3 Å². The molecular weight excluding hydrogens is 244 g/mol. The number of aryl methyl sites for hydroxylation is 2. The Hall–Kier alpha value is -1.49. The number of hydrogen-bond donors (Lipinski definition) is 1. The van der Waals surface area contributed by atoms with Gasteiger partial charge in [0.15, 0.2) is 5.82 Å². The molecule has 1 N–H and O–H groups in total. The zero-order valence-corrected chi connectivity index (χ0v) is 11.3. The third-order valence-electron chi connectivity index (χ3n) is 3.41. The molecule has 0 aromatic carbocycles. The van der Waals surface area contributed by atoms with Crippen molar-refractivity contribution in [3.63, 3.8) is 0 Å². The zero-order chi connectivity index (χ0) is 12.5. The molecule has 0 spiro atoms. The van der Waals surface area contributed by atoms with Crippen LogP contribution in [0.4, 0.5) is 0 Å². The van der Waals surface area contributed by atoms with E-state index in [1.165, 1.54) is 30.5 Å². The minimum Gasteiger partial charge on any atom is -0.342 e. The van der Waals surface area contributed by atoms with Crippen LogP contribution < -0.4 is 0 Å². The number of nitrogens with one attached hydrogen (secondary N) is 1. The molecule has 4 nitrogen and oxygen atoms in total. The average molecular weight is 260 g/mol. The number of hydrogen-bond acceptors (Lipinski definition) is 3. The summed E-state index contributed by atoms with van der Waals surface area (Å²) in [5, 5.41) is 4.37. The molecule has 0 aliphatic heterocycles. The molecule has 18 heavy (non-hydrogen) atoms. The second-order valence-electron chi connectivity index (χ2n) is 4.78. The Morgan fingerprint density at radius 1 is 1.28 bits per heavy atom. The Bertz CT molecular complexity index is 626. The number of H-pyrrole nitrogens is 1. The molecule has 2 heterocycles. The molecular formula is C13H16N4S. The van der Waals surface area contributed by atoms with Crippen LogP contribution in [-0.4, -0.2) is 19.7 Å². The second kappa shape index (κ2) is 4.65. The van der Waals surface area contributed by atoms with Crippen LogP contribution in [0.3, 0.4) is 0 Å². The third kappa shape index (κ3) is 2.10. The van der Waals surface area contributed by atoms with Crippen molar-refractivity contribution in [1.82, 2.24) is 19.7 Å². The molecule has 1 aliphatic carbocycles. The fourth-order valence-corrected chi connectivity index (χ4v) is 2.78. The summed E-state index contributed by atoms with van der Waals surface area (Å²) >= 11 is 5.43. The SMILES string of the molecule is Cn1ccc(-c2nc(=S)c3c([nH]2)CCCCC3)n1. The van der Waals surface area contributed by atoms with E-state index in [4.69, 9.17) is 12.2 Å². The monoisotopic (exact) mass is 260 g/mol. The Balaban J connectivity index is 2.10. The van der Waals surface area contributed by atoms with E-state index in [2.05, 4.69) is 15.1 Å². The van der Waals surface area contributed by atoms with Crippen molar-refractivity contribution in [1.29, 1.82) is 0 Å². The van der Waals surface area contributed by atoms with Crippen LogP contribution in [0.5, 0.6) is 0 Å². The zero-order valence-electron chi connectivity index (χ0n) is 10.4. The van der Waals surface area contributed by atoms with E-state index in [0.717, 1.165) is 29.0 Å². The van der Waals surface area contributed by atoms with E-state index >= 15 is 0 Å². The van der Waals surface area contributed by atoms with Gasteiger partial charge in [0.2, 0.25) is 0 Å². The maximum Gasteiger partial charge on any atom is 0.159 e. The van der Waals surface area contributed by atoms with Crippen LogP contribution >= 0.6 is 12.2 Å². The van der Waals surface area contributed by atoms with Crippen molar-refractivity contribution < 1.29 is 0 Å². The molecule has 0 saturated carbocycles. The highest BCUT2D eigenvalue weighted by molar-refractivity contribution is 7.71. The van der Waals surface area contributed by atoms with Gasteiger partial charge in [-0.25, -0.2) is 4.98 Å². The van der Waals surface area contributed by atoms with Crippen molar-refractivity contribution in [2.75, 3.05) is 0 Å². The van der Waals surface area contributed by atoms with Gasteiger partial charge >= 0.3 is 0 Å². The molecule has 0 radical (unpaired) electrons. The van der Waals surface area contributed by atoms with Gasteiger partial charge in [-0.2, -0.15) is 5.10 Å². The molecule has 2 aromatic rings. The fourth-order valence-electron chi connectivity index (χ4n) is 2.46. The molecule has 1 aliphatic rings. The Morgan fingerprint density at radius 3 is 2.89 bits per heavy atom. The van der Waals surface area contributed by atoms with E-state index < -0.39 is 0 Å². The van der Waals surface area contributed by atoms with E-state index in [1.807, 2.05) is 19.3 Å². The molecule has 94 valence electrons. The van der Waals surface area contributed by atoms with E-state index in [9.17, 15) is 0 Å². The summed E-state index contributed by atoms with van der Waals surface area (Å²) < 4.78 is 2.52. The molecule has 5 heteroatoms. The molecule has 0 bridgehead atoms. The number of rotatable bonds is 1. The minimum absolute atomic E-state index is 0.742. The van der Waals surface area contributed by atoms with Gasteiger partial charge in [0.1, 0.15) is 10.3 Å². The molecule has 0 saturated heterocycles. The maximum atomic E-state index is 5.43. The van der Waals surface area contributed by atoms with Crippen molar-refractivity contribution in [3.05, 3.63) is 28.2 Å². The summed E-state index contributed by atoms with van der Waals surface area (Å²) in [5.74, 6) is 0.793. The number of fused-ring (bicyclic) bond motifs is 1. The van der Waals surface area contributed by atoms with Crippen LogP contribution in [-0.2, 0) is 19.9 Å². The van der Waals surface area contributed by atoms with Crippen molar-refractivity contribution in [2.45, 2.75) is 32.1 Å². The standard InChI is InChI=1S/C13H16N4S/c1-17-8-7-11(16-17)12-14-10-6-4-2-3-5-9(10)13(18)15-12/h7-8H,2-6H2,1H3,(H,14,15,18). The fraction of sp³-hybridized carbons (Fsp3) is 0.462. The van der Waals surface area contributed by atoms with Gasteiger partial charge in [-0.3, -0.25) is 4.68 Å². The summed E-state index contributed by atoms with van der Waals surface area (Å²) in [4.78, 5) is 7.92. The molecule has 3 rings (SSSR count). The first-order chi connectivity index (χ1) is 8.74. The van der Waals surface area contributed by atoms with Crippen LogP contribution in [0.1, 0.15) is 30.5 Å². The molecule has 0 unspecified atom stereocenters. The van der Waals surface area contributed by atoms with Gasteiger partial charge in [0, 0.05) is 24.5 Å². The summed E-state index contributed by atoms with van der Waals surface area (Å²) in [6, 6.07) is 1.96. The topological polar surface area (TPSA) is 46.5 Å². The van der Waals surface area contributed by atoms with Crippen LogP contribution in [0, 0.1) is 4.64 Å². The second-order valence-corrected chi connectivity index (χ2v) is 5.17. The van der Waals surface area contributed by atoms with Gasteiger partial charge in [0.05, 0.1) is 0 Å². The Morgan fingerprint density at radius 2 is 2.11 bits per heavy atom. The Kier molecular flexibility index (Phi) is 2.99. The lowest BCUT2D eigenvalue weighted by atomic mass is 10.1. The van der Waals surface area contributed by atoms with Crippen molar-refractivity contribution >= 4 is 12.2 Å². The van der Waals surface area contributed by atoms with Gasteiger partial charge in [0.25, 0.3) is 0 Å². The molecule has 2 aromatic heterocycles. The first kappa shape index (κ1) is 11.6. The van der Waals surface area contributed by atoms with Gasteiger partial charge in [-0.15, -0.1) is 0 Å². The maximum absolute atomic E-state index is 5.43. The van der Waals surface area contributed by atoms with Crippen molar-refractivity contribution in [2.24, 2.45) is 7.05 Å². The largest absolute Gasteiger partial charge is 0.342 e. The van der Waals surface area contributed by atoms with Crippen LogP contribution in [0.2, 0.25) is 0 Å². The highest BCUT2D eigenvalue weighted by atomic mass is 32.1. The first-order valence-electron chi connectivity index (χ1n) is 6.36. The number of aromatic amines is 1.